The third-order valence-corrected chi connectivity index (χ3v) is 1.84. The molecule has 6 heteroatoms. The summed E-state index contributed by atoms with van der Waals surface area (Å²) in [6, 6.07) is 2.74. The summed E-state index contributed by atoms with van der Waals surface area (Å²) in [6.07, 6.45) is 0. The van der Waals surface area contributed by atoms with Crippen molar-refractivity contribution in [2.45, 2.75) is 6.92 Å². The molecule has 0 saturated carbocycles. The van der Waals surface area contributed by atoms with E-state index >= 15 is 0 Å². The molecule has 0 spiro atoms. The number of nitro groups is 1. The van der Waals surface area contributed by atoms with E-state index in [4.69, 9.17) is 17.3 Å². The van der Waals surface area contributed by atoms with Gasteiger partial charge in [0.05, 0.1) is 15.6 Å². The Hall–Kier alpha value is -1.00. The Labute approximate surface area is 86.2 Å². The molecule has 0 fully saturated rings. The predicted molar refractivity (Wildman–Crippen MR) is 54.5 cm³/mol. The maximum atomic E-state index is 10.4. The minimum absolute atomic E-state index is 0. The third-order valence-electron chi connectivity index (χ3n) is 1.51. The summed E-state index contributed by atoms with van der Waals surface area (Å²) >= 11 is 5.64. The lowest BCUT2D eigenvalue weighted by atomic mass is 10.2. The van der Waals surface area contributed by atoms with E-state index in [1.165, 1.54) is 12.1 Å². The number of halogens is 2. The molecular formula is C7H8Cl2N2O2. The van der Waals surface area contributed by atoms with Crippen molar-refractivity contribution in [3.8, 4) is 0 Å². The Bertz CT molecular complexity index is 342. The fraction of sp³-hybridized carbons (Fsp3) is 0.143. The number of benzene rings is 1. The fourth-order valence-corrected chi connectivity index (χ4v) is 1.09. The Morgan fingerprint density at radius 2 is 2.08 bits per heavy atom. The van der Waals surface area contributed by atoms with E-state index in [9.17, 15) is 10.1 Å². The minimum Gasteiger partial charge on any atom is -0.397 e. The minimum atomic E-state index is -0.484. The lowest BCUT2D eigenvalue weighted by Crippen LogP contribution is -1.94. The first-order chi connectivity index (χ1) is 5.52. The number of aryl methyl sites for hydroxylation is 1. The van der Waals surface area contributed by atoms with Gasteiger partial charge in [-0.15, -0.1) is 12.4 Å². The van der Waals surface area contributed by atoms with Gasteiger partial charge < -0.3 is 5.73 Å². The molecule has 1 rings (SSSR count). The topological polar surface area (TPSA) is 69.2 Å². The first-order valence-electron chi connectivity index (χ1n) is 3.22. The van der Waals surface area contributed by atoms with Crippen molar-refractivity contribution in [3.05, 3.63) is 32.8 Å². The first-order valence-corrected chi connectivity index (χ1v) is 3.60. The molecule has 0 aromatic heterocycles. The highest BCUT2D eigenvalue weighted by atomic mass is 35.5. The van der Waals surface area contributed by atoms with E-state index in [2.05, 4.69) is 0 Å². The summed E-state index contributed by atoms with van der Waals surface area (Å²) in [5.74, 6) is 0. The van der Waals surface area contributed by atoms with Crippen LogP contribution in [0.5, 0.6) is 0 Å². The smallest absolute Gasteiger partial charge is 0.274 e. The van der Waals surface area contributed by atoms with Crippen LogP contribution in [0, 0.1) is 17.0 Å². The SMILES string of the molecule is Cc1cc(Cl)c(N)cc1[N+](=O)[O-].Cl. The summed E-state index contributed by atoms with van der Waals surface area (Å²) in [4.78, 5) is 9.91. The molecule has 2 N–H and O–H groups in total. The number of anilines is 1. The Morgan fingerprint density at radius 3 is 2.54 bits per heavy atom. The predicted octanol–water partition coefficient (Wildman–Crippen LogP) is 2.56. The molecule has 1 aromatic rings. The van der Waals surface area contributed by atoms with Crippen LogP contribution in [0.25, 0.3) is 0 Å². The summed E-state index contributed by atoms with van der Waals surface area (Å²) < 4.78 is 0. The number of nitrogens with two attached hydrogens (primary N) is 1. The van der Waals surface area contributed by atoms with E-state index in [-0.39, 0.29) is 23.8 Å². The van der Waals surface area contributed by atoms with E-state index in [0.717, 1.165) is 0 Å². The zero-order valence-electron chi connectivity index (χ0n) is 6.78. The average Bonchev–Trinajstić information content (AvgIpc) is 1.96. The molecule has 1 aromatic carbocycles. The number of hydrogen-bond acceptors (Lipinski definition) is 3. The highest BCUT2D eigenvalue weighted by molar-refractivity contribution is 6.33. The van der Waals surface area contributed by atoms with Crippen molar-refractivity contribution in [1.29, 1.82) is 0 Å². The van der Waals surface area contributed by atoms with Crippen molar-refractivity contribution >= 4 is 35.4 Å². The number of rotatable bonds is 1. The molecule has 13 heavy (non-hydrogen) atoms. The molecule has 0 amide bonds. The van der Waals surface area contributed by atoms with Crippen LogP contribution in [0.15, 0.2) is 12.1 Å². The second-order valence-corrected chi connectivity index (χ2v) is 2.82. The number of nitrogen functional groups attached to an aromatic ring is 1. The van der Waals surface area contributed by atoms with Crippen molar-refractivity contribution in [1.82, 2.24) is 0 Å². The van der Waals surface area contributed by atoms with Gasteiger partial charge in [0.15, 0.2) is 0 Å². The van der Waals surface area contributed by atoms with Crippen LogP contribution in [-0.2, 0) is 0 Å². The fourth-order valence-electron chi connectivity index (χ4n) is 0.874. The highest BCUT2D eigenvalue weighted by Gasteiger charge is 2.12. The molecule has 0 aliphatic carbocycles. The maximum Gasteiger partial charge on any atom is 0.274 e. The first kappa shape index (κ1) is 12.0. The molecule has 0 aliphatic rings. The van der Waals surface area contributed by atoms with Gasteiger partial charge in [-0.05, 0) is 13.0 Å². The number of nitrogens with zero attached hydrogens (tertiary/aromatic N) is 1. The van der Waals surface area contributed by atoms with Crippen LogP contribution in [0.3, 0.4) is 0 Å². The van der Waals surface area contributed by atoms with Gasteiger partial charge in [0.25, 0.3) is 5.69 Å². The molecule has 4 nitrogen and oxygen atoms in total. The molecule has 0 aliphatic heterocycles. The Kier molecular flexibility index (Phi) is 3.97. The average molecular weight is 223 g/mol. The van der Waals surface area contributed by atoms with E-state index in [0.29, 0.717) is 10.6 Å². The highest BCUT2D eigenvalue weighted by Crippen LogP contribution is 2.27. The largest absolute Gasteiger partial charge is 0.397 e. The lowest BCUT2D eigenvalue weighted by molar-refractivity contribution is -0.385. The zero-order chi connectivity index (χ0) is 9.30. The second-order valence-electron chi connectivity index (χ2n) is 2.42. The normalized spacial score (nSPS) is 9.08. The van der Waals surface area contributed by atoms with Gasteiger partial charge in [0.2, 0.25) is 0 Å². The standard InChI is InChI=1S/C7H7ClN2O2.ClH/c1-4-2-5(8)6(9)3-7(4)10(11)12;/h2-3H,9H2,1H3;1H. The van der Waals surface area contributed by atoms with E-state index < -0.39 is 4.92 Å². The van der Waals surface area contributed by atoms with Gasteiger partial charge >= 0.3 is 0 Å². The van der Waals surface area contributed by atoms with E-state index in [1.54, 1.807) is 6.92 Å². The van der Waals surface area contributed by atoms with Gasteiger partial charge in [0, 0.05) is 11.6 Å². The monoisotopic (exact) mass is 222 g/mol. The van der Waals surface area contributed by atoms with Crippen LogP contribution in [0.4, 0.5) is 11.4 Å². The van der Waals surface area contributed by atoms with Gasteiger partial charge in [-0.2, -0.15) is 0 Å². The summed E-state index contributed by atoms with van der Waals surface area (Å²) in [7, 11) is 0. The molecular weight excluding hydrogens is 215 g/mol. The van der Waals surface area contributed by atoms with Crippen LogP contribution >= 0.6 is 24.0 Å². The summed E-state index contributed by atoms with van der Waals surface area (Å²) in [5, 5.41) is 10.7. The van der Waals surface area contributed by atoms with Crippen LogP contribution in [0.2, 0.25) is 5.02 Å². The molecule has 0 unspecified atom stereocenters. The summed E-state index contributed by atoms with van der Waals surface area (Å²) in [6.45, 7) is 1.61. The molecule has 72 valence electrons. The quantitative estimate of drug-likeness (QED) is 0.451. The second kappa shape index (κ2) is 4.30. The summed E-state index contributed by atoms with van der Waals surface area (Å²) in [5.41, 5.74) is 6.13. The van der Waals surface area contributed by atoms with Gasteiger partial charge in [0.1, 0.15) is 0 Å². The van der Waals surface area contributed by atoms with Crippen molar-refractivity contribution in [2.24, 2.45) is 0 Å². The number of nitro benzene ring substituents is 1. The lowest BCUT2D eigenvalue weighted by Gasteiger charge is -2.00. The maximum absolute atomic E-state index is 10.4. The van der Waals surface area contributed by atoms with Crippen LogP contribution in [0.1, 0.15) is 5.56 Å². The number of hydrogen-bond donors (Lipinski definition) is 1. The van der Waals surface area contributed by atoms with Gasteiger partial charge in [-0.1, -0.05) is 11.6 Å². The van der Waals surface area contributed by atoms with Crippen LogP contribution in [-0.4, -0.2) is 4.92 Å². The van der Waals surface area contributed by atoms with Gasteiger partial charge in [-0.25, -0.2) is 0 Å². The Morgan fingerprint density at radius 1 is 1.54 bits per heavy atom. The molecule has 0 saturated heterocycles. The molecule has 0 radical (unpaired) electrons. The zero-order valence-corrected chi connectivity index (χ0v) is 8.35. The molecule has 0 heterocycles. The molecule has 0 bridgehead atoms. The van der Waals surface area contributed by atoms with Crippen LogP contribution < -0.4 is 5.73 Å². The molecule has 0 atom stereocenters. The van der Waals surface area contributed by atoms with Gasteiger partial charge in [-0.3, -0.25) is 10.1 Å². The Balaban J connectivity index is 0.00000144. The van der Waals surface area contributed by atoms with Crippen molar-refractivity contribution in [3.63, 3.8) is 0 Å². The third kappa shape index (κ3) is 2.47. The van der Waals surface area contributed by atoms with E-state index in [1.807, 2.05) is 0 Å². The van der Waals surface area contributed by atoms with Crippen molar-refractivity contribution < 1.29 is 4.92 Å². The van der Waals surface area contributed by atoms with Crippen molar-refractivity contribution in [2.75, 3.05) is 5.73 Å².